The minimum atomic E-state index is -0.0475. The highest BCUT2D eigenvalue weighted by Gasteiger charge is 2.26. The van der Waals surface area contributed by atoms with Gasteiger partial charge in [0, 0.05) is 32.1 Å². The summed E-state index contributed by atoms with van der Waals surface area (Å²) in [5, 5.41) is 2.75. The number of carbonyl (C=O) groups is 2. The molecule has 0 unspecified atom stereocenters. The molecule has 114 valence electrons. The lowest BCUT2D eigenvalue weighted by molar-refractivity contribution is -0.119. The molecule has 1 aromatic carbocycles. The molecule has 0 heterocycles. The summed E-state index contributed by atoms with van der Waals surface area (Å²) >= 11 is 0. The van der Waals surface area contributed by atoms with Crippen molar-refractivity contribution >= 4 is 11.8 Å². The minimum absolute atomic E-state index is 0.0475. The molecular formula is C17H24N2O2. The second-order valence-corrected chi connectivity index (χ2v) is 5.80. The van der Waals surface area contributed by atoms with Gasteiger partial charge in [-0.2, -0.15) is 0 Å². The molecule has 0 atom stereocenters. The van der Waals surface area contributed by atoms with Gasteiger partial charge in [-0.15, -0.1) is 0 Å². The van der Waals surface area contributed by atoms with Crippen molar-refractivity contribution in [2.45, 2.75) is 39.7 Å². The van der Waals surface area contributed by atoms with Crippen molar-refractivity contribution in [3.8, 4) is 0 Å². The summed E-state index contributed by atoms with van der Waals surface area (Å²) in [6.07, 6.45) is 3.49. The molecule has 1 N–H and O–H groups in total. The third-order valence-corrected chi connectivity index (χ3v) is 3.70. The summed E-state index contributed by atoms with van der Waals surface area (Å²) in [5.74, 6) is 0.781. The number of amides is 2. The van der Waals surface area contributed by atoms with E-state index in [0.29, 0.717) is 12.5 Å². The van der Waals surface area contributed by atoms with Crippen LogP contribution < -0.4 is 5.32 Å². The Morgan fingerprint density at radius 3 is 2.43 bits per heavy atom. The maximum atomic E-state index is 12.5. The molecule has 0 saturated heterocycles. The fourth-order valence-corrected chi connectivity index (χ4v) is 2.33. The van der Waals surface area contributed by atoms with Gasteiger partial charge in [0.2, 0.25) is 5.91 Å². The van der Waals surface area contributed by atoms with Crippen molar-refractivity contribution in [2.75, 3.05) is 13.1 Å². The smallest absolute Gasteiger partial charge is 0.253 e. The van der Waals surface area contributed by atoms with Gasteiger partial charge in [0.15, 0.2) is 0 Å². The molecule has 21 heavy (non-hydrogen) atoms. The van der Waals surface area contributed by atoms with E-state index in [4.69, 9.17) is 0 Å². The summed E-state index contributed by atoms with van der Waals surface area (Å²) in [6.45, 7) is 5.82. The fraction of sp³-hybridized carbons (Fsp3) is 0.529. The fourth-order valence-electron chi connectivity index (χ4n) is 2.33. The number of nitrogens with one attached hydrogen (secondary N) is 1. The number of benzene rings is 1. The predicted molar refractivity (Wildman–Crippen MR) is 82.9 cm³/mol. The zero-order valence-electron chi connectivity index (χ0n) is 12.9. The van der Waals surface area contributed by atoms with Gasteiger partial charge in [-0.1, -0.05) is 19.1 Å². The molecule has 2 amide bonds. The van der Waals surface area contributed by atoms with Crippen molar-refractivity contribution in [1.82, 2.24) is 10.2 Å². The Hall–Kier alpha value is -1.84. The summed E-state index contributed by atoms with van der Waals surface area (Å²) in [6, 6.07) is 7.53. The molecule has 1 aromatic rings. The Labute approximate surface area is 126 Å². The van der Waals surface area contributed by atoms with Crippen LogP contribution in [-0.2, 0) is 11.3 Å². The lowest BCUT2D eigenvalue weighted by Gasteiger charge is -2.22. The third kappa shape index (κ3) is 4.88. The lowest BCUT2D eigenvalue weighted by Crippen LogP contribution is -2.33. The molecule has 0 aromatic heterocycles. The van der Waals surface area contributed by atoms with E-state index in [2.05, 4.69) is 12.2 Å². The van der Waals surface area contributed by atoms with Crippen molar-refractivity contribution in [3.05, 3.63) is 35.4 Å². The number of nitrogens with zero attached hydrogens (tertiary/aromatic N) is 1. The van der Waals surface area contributed by atoms with E-state index in [1.165, 1.54) is 19.8 Å². The summed E-state index contributed by atoms with van der Waals surface area (Å²) in [5.41, 5.74) is 1.74. The van der Waals surface area contributed by atoms with Crippen LogP contribution in [0.15, 0.2) is 24.3 Å². The molecular weight excluding hydrogens is 264 g/mol. The molecule has 1 saturated carbocycles. The highest BCUT2D eigenvalue weighted by atomic mass is 16.2. The summed E-state index contributed by atoms with van der Waals surface area (Å²) in [7, 11) is 0. The Kier molecular flexibility index (Phi) is 5.37. The van der Waals surface area contributed by atoms with Crippen LogP contribution in [-0.4, -0.2) is 29.8 Å². The Morgan fingerprint density at radius 2 is 1.90 bits per heavy atom. The van der Waals surface area contributed by atoms with Crippen molar-refractivity contribution in [2.24, 2.45) is 5.92 Å². The van der Waals surface area contributed by atoms with E-state index in [0.717, 1.165) is 30.6 Å². The molecule has 4 nitrogen and oxygen atoms in total. The van der Waals surface area contributed by atoms with Gasteiger partial charge in [0.1, 0.15) is 0 Å². The molecule has 0 bridgehead atoms. The Balaban J connectivity index is 1.97. The van der Waals surface area contributed by atoms with Crippen LogP contribution in [0.4, 0.5) is 0 Å². The molecule has 0 aliphatic heterocycles. The first-order valence-electron chi connectivity index (χ1n) is 7.72. The number of hydrogen-bond acceptors (Lipinski definition) is 2. The van der Waals surface area contributed by atoms with Gasteiger partial charge >= 0.3 is 0 Å². The van der Waals surface area contributed by atoms with Gasteiger partial charge in [-0.3, -0.25) is 9.59 Å². The van der Waals surface area contributed by atoms with E-state index in [-0.39, 0.29) is 11.8 Å². The average molecular weight is 288 g/mol. The summed E-state index contributed by atoms with van der Waals surface area (Å²) < 4.78 is 0. The second-order valence-electron chi connectivity index (χ2n) is 5.80. The van der Waals surface area contributed by atoms with E-state index in [1.807, 2.05) is 29.2 Å². The van der Waals surface area contributed by atoms with Gasteiger partial charge in [0.25, 0.3) is 5.91 Å². The van der Waals surface area contributed by atoms with Crippen LogP contribution in [0.1, 0.15) is 49.0 Å². The van der Waals surface area contributed by atoms with Crippen molar-refractivity contribution in [3.63, 3.8) is 0 Å². The first kappa shape index (κ1) is 15.5. The minimum Gasteiger partial charge on any atom is -0.352 e. The third-order valence-electron chi connectivity index (χ3n) is 3.70. The topological polar surface area (TPSA) is 49.4 Å². The first-order chi connectivity index (χ1) is 10.1. The van der Waals surface area contributed by atoms with Crippen LogP contribution in [0.25, 0.3) is 0 Å². The van der Waals surface area contributed by atoms with E-state index in [9.17, 15) is 9.59 Å². The van der Waals surface area contributed by atoms with Crippen LogP contribution in [0.3, 0.4) is 0 Å². The van der Waals surface area contributed by atoms with Crippen LogP contribution in [0.5, 0.6) is 0 Å². The Morgan fingerprint density at radius 1 is 1.24 bits per heavy atom. The Bertz CT molecular complexity index is 492. The zero-order chi connectivity index (χ0) is 15.2. The standard InChI is InChI=1S/C17H24N2O2/c1-3-10-19(12-15-4-5-15)17(21)16-8-6-14(7-9-16)11-18-13(2)20/h6-9,15H,3-5,10-12H2,1-2H3,(H,18,20). The quantitative estimate of drug-likeness (QED) is 0.838. The number of rotatable bonds is 7. The summed E-state index contributed by atoms with van der Waals surface area (Å²) in [4.78, 5) is 25.4. The monoisotopic (exact) mass is 288 g/mol. The number of carbonyl (C=O) groups excluding carboxylic acids is 2. The predicted octanol–water partition coefficient (Wildman–Crippen LogP) is 2.58. The molecule has 0 radical (unpaired) electrons. The molecule has 1 aliphatic carbocycles. The van der Waals surface area contributed by atoms with Crippen molar-refractivity contribution in [1.29, 1.82) is 0 Å². The van der Waals surface area contributed by atoms with Gasteiger partial charge in [0.05, 0.1) is 0 Å². The average Bonchev–Trinajstić information content (AvgIpc) is 3.28. The molecule has 1 aliphatic rings. The highest BCUT2D eigenvalue weighted by molar-refractivity contribution is 5.94. The molecule has 1 fully saturated rings. The second kappa shape index (κ2) is 7.25. The van der Waals surface area contributed by atoms with Crippen LogP contribution >= 0.6 is 0 Å². The van der Waals surface area contributed by atoms with Gasteiger partial charge in [-0.05, 0) is 42.9 Å². The molecule has 4 heteroatoms. The van der Waals surface area contributed by atoms with E-state index in [1.54, 1.807) is 0 Å². The van der Waals surface area contributed by atoms with Crippen molar-refractivity contribution < 1.29 is 9.59 Å². The van der Waals surface area contributed by atoms with Gasteiger partial charge < -0.3 is 10.2 Å². The molecule has 2 rings (SSSR count). The van der Waals surface area contributed by atoms with Crippen LogP contribution in [0.2, 0.25) is 0 Å². The molecule has 0 spiro atoms. The maximum Gasteiger partial charge on any atom is 0.253 e. The maximum absolute atomic E-state index is 12.5. The largest absolute Gasteiger partial charge is 0.352 e. The highest BCUT2D eigenvalue weighted by Crippen LogP contribution is 2.30. The SMILES string of the molecule is CCCN(CC1CC1)C(=O)c1ccc(CNC(C)=O)cc1. The van der Waals surface area contributed by atoms with E-state index >= 15 is 0 Å². The van der Waals surface area contributed by atoms with Crippen LogP contribution in [0, 0.1) is 5.92 Å². The zero-order valence-corrected chi connectivity index (χ0v) is 12.9. The number of hydrogen-bond donors (Lipinski definition) is 1. The van der Waals surface area contributed by atoms with Gasteiger partial charge in [-0.25, -0.2) is 0 Å². The first-order valence-corrected chi connectivity index (χ1v) is 7.72. The lowest BCUT2D eigenvalue weighted by atomic mass is 10.1. The normalized spacial score (nSPS) is 13.8. The van der Waals surface area contributed by atoms with E-state index < -0.39 is 0 Å².